The number of anilines is 1. The van der Waals surface area contributed by atoms with E-state index in [0.29, 0.717) is 23.6 Å². The Morgan fingerprint density at radius 1 is 1.27 bits per heavy atom. The lowest BCUT2D eigenvalue weighted by Crippen LogP contribution is -2.49. The topological polar surface area (TPSA) is 96.3 Å². The molecule has 0 saturated heterocycles. The summed E-state index contributed by atoms with van der Waals surface area (Å²) in [6.07, 6.45) is 0.498. The van der Waals surface area contributed by atoms with Crippen molar-refractivity contribution in [2.24, 2.45) is 0 Å². The molecule has 7 heteroatoms. The fraction of sp³-hybridized carbons (Fsp3) is 0.267. The van der Waals surface area contributed by atoms with Gasteiger partial charge in [-0.25, -0.2) is 5.43 Å². The molecule has 116 valence electrons. The summed E-state index contributed by atoms with van der Waals surface area (Å²) in [6, 6.07) is 9.79. The van der Waals surface area contributed by atoms with E-state index < -0.39 is 6.04 Å². The first-order valence-electron chi connectivity index (χ1n) is 6.95. The molecule has 0 bridgehead atoms. The Hall–Kier alpha value is -2.67. The summed E-state index contributed by atoms with van der Waals surface area (Å²) in [5.41, 5.74) is 5.76. The monoisotopic (exact) mass is 302 g/mol. The van der Waals surface area contributed by atoms with Crippen molar-refractivity contribution in [3.8, 4) is 0 Å². The van der Waals surface area contributed by atoms with E-state index in [1.54, 1.807) is 37.3 Å². The number of carbonyl (C=O) groups is 2. The molecule has 0 aliphatic heterocycles. The molecule has 1 atom stereocenters. The summed E-state index contributed by atoms with van der Waals surface area (Å²) < 4.78 is 4.88. The highest BCUT2D eigenvalue weighted by atomic mass is 16.5. The standard InChI is InChI=1S/C15H18N4O3/c1-3-12(15(21)16-13-9-10(2)22-19-13)17-18-14(20)11-7-5-4-6-8-11/h4-9,12,17H,3H2,1-2H3,(H,18,20)(H,16,19,21)/t12-/m0/s1. The molecular formula is C15H18N4O3. The second-order valence-electron chi connectivity index (χ2n) is 4.74. The van der Waals surface area contributed by atoms with Gasteiger partial charge >= 0.3 is 0 Å². The first-order chi connectivity index (χ1) is 10.6. The van der Waals surface area contributed by atoms with Gasteiger partial charge in [0.05, 0.1) is 0 Å². The predicted octanol–water partition coefficient (Wildman–Crippen LogP) is 1.63. The van der Waals surface area contributed by atoms with Crippen LogP contribution in [-0.4, -0.2) is 23.0 Å². The molecule has 0 unspecified atom stereocenters. The van der Waals surface area contributed by atoms with Gasteiger partial charge in [0.25, 0.3) is 5.91 Å². The predicted molar refractivity (Wildman–Crippen MR) is 81.0 cm³/mol. The number of nitrogens with one attached hydrogen (secondary N) is 3. The lowest BCUT2D eigenvalue weighted by atomic mass is 10.2. The molecule has 1 aromatic carbocycles. The Morgan fingerprint density at radius 3 is 2.59 bits per heavy atom. The molecule has 2 aromatic rings. The van der Waals surface area contributed by atoms with E-state index in [2.05, 4.69) is 21.3 Å². The highest BCUT2D eigenvalue weighted by Crippen LogP contribution is 2.08. The van der Waals surface area contributed by atoms with Crippen molar-refractivity contribution in [3.63, 3.8) is 0 Å². The number of aromatic nitrogens is 1. The maximum absolute atomic E-state index is 12.1. The van der Waals surface area contributed by atoms with E-state index in [4.69, 9.17) is 4.52 Å². The van der Waals surface area contributed by atoms with Gasteiger partial charge in [0.2, 0.25) is 5.91 Å². The van der Waals surface area contributed by atoms with Crippen molar-refractivity contribution in [1.29, 1.82) is 0 Å². The molecule has 22 heavy (non-hydrogen) atoms. The van der Waals surface area contributed by atoms with Gasteiger partial charge in [-0.1, -0.05) is 30.3 Å². The molecule has 1 heterocycles. The zero-order valence-electron chi connectivity index (χ0n) is 12.4. The minimum Gasteiger partial charge on any atom is -0.360 e. The number of nitrogens with zero attached hydrogens (tertiary/aromatic N) is 1. The van der Waals surface area contributed by atoms with Gasteiger partial charge in [-0.2, -0.15) is 0 Å². The lowest BCUT2D eigenvalue weighted by Gasteiger charge is -2.16. The van der Waals surface area contributed by atoms with Crippen LogP contribution in [0.1, 0.15) is 29.5 Å². The van der Waals surface area contributed by atoms with Gasteiger partial charge in [-0.15, -0.1) is 0 Å². The second kappa shape index (κ2) is 7.37. The lowest BCUT2D eigenvalue weighted by molar-refractivity contribution is -0.118. The van der Waals surface area contributed by atoms with Crippen LogP contribution >= 0.6 is 0 Å². The van der Waals surface area contributed by atoms with Crippen molar-refractivity contribution in [1.82, 2.24) is 16.0 Å². The molecule has 2 amide bonds. The Bertz CT molecular complexity index is 639. The number of hydrogen-bond acceptors (Lipinski definition) is 5. The Morgan fingerprint density at radius 2 is 2.00 bits per heavy atom. The van der Waals surface area contributed by atoms with E-state index in [1.165, 1.54) is 0 Å². The van der Waals surface area contributed by atoms with E-state index in [9.17, 15) is 9.59 Å². The van der Waals surface area contributed by atoms with Crippen LogP contribution in [0.2, 0.25) is 0 Å². The molecule has 0 saturated carbocycles. The van der Waals surface area contributed by atoms with Gasteiger partial charge in [0, 0.05) is 11.6 Å². The van der Waals surface area contributed by atoms with E-state index in [0.717, 1.165) is 0 Å². The summed E-state index contributed by atoms with van der Waals surface area (Å²) >= 11 is 0. The van der Waals surface area contributed by atoms with Crippen LogP contribution < -0.4 is 16.2 Å². The Balaban J connectivity index is 1.89. The zero-order chi connectivity index (χ0) is 15.9. The van der Waals surface area contributed by atoms with Crippen LogP contribution in [0, 0.1) is 6.92 Å². The van der Waals surface area contributed by atoms with Crippen LogP contribution in [0.3, 0.4) is 0 Å². The van der Waals surface area contributed by atoms with Gasteiger partial charge in [-0.3, -0.25) is 15.0 Å². The molecule has 0 aliphatic rings. The number of amides is 2. The summed E-state index contributed by atoms with van der Waals surface area (Å²) in [6.45, 7) is 3.57. The fourth-order valence-electron chi connectivity index (χ4n) is 1.81. The number of hydrogen-bond donors (Lipinski definition) is 3. The maximum atomic E-state index is 12.1. The first kappa shape index (κ1) is 15.7. The van der Waals surface area contributed by atoms with Crippen LogP contribution in [0.15, 0.2) is 40.9 Å². The van der Waals surface area contributed by atoms with Crippen molar-refractivity contribution >= 4 is 17.6 Å². The summed E-state index contributed by atoms with van der Waals surface area (Å²) in [5.74, 6) is 0.346. The number of benzene rings is 1. The number of aryl methyl sites for hydroxylation is 1. The van der Waals surface area contributed by atoms with E-state index >= 15 is 0 Å². The zero-order valence-corrected chi connectivity index (χ0v) is 12.4. The molecule has 0 fully saturated rings. The summed E-state index contributed by atoms with van der Waals surface area (Å²) in [4.78, 5) is 24.0. The van der Waals surface area contributed by atoms with Gasteiger partial charge in [0.15, 0.2) is 5.82 Å². The van der Waals surface area contributed by atoms with Gasteiger partial charge in [0.1, 0.15) is 11.8 Å². The Labute approximate surface area is 128 Å². The normalized spacial score (nSPS) is 11.7. The second-order valence-corrected chi connectivity index (χ2v) is 4.74. The minimum absolute atomic E-state index is 0.302. The first-order valence-corrected chi connectivity index (χ1v) is 6.95. The third kappa shape index (κ3) is 4.16. The smallest absolute Gasteiger partial charge is 0.265 e. The molecule has 0 spiro atoms. The molecule has 7 nitrogen and oxygen atoms in total. The van der Waals surface area contributed by atoms with Gasteiger partial charge in [-0.05, 0) is 25.5 Å². The number of rotatable bonds is 6. The van der Waals surface area contributed by atoms with Crippen molar-refractivity contribution < 1.29 is 14.1 Å². The van der Waals surface area contributed by atoms with Crippen LogP contribution in [-0.2, 0) is 4.79 Å². The molecule has 3 N–H and O–H groups in total. The number of hydrazine groups is 1. The van der Waals surface area contributed by atoms with Crippen LogP contribution in [0.25, 0.3) is 0 Å². The average Bonchev–Trinajstić information content (AvgIpc) is 2.93. The maximum Gasteiger partial charge on any atom is 0.265 e. The molecule has 1 aromatic heterocycles. The molecular weight excluding hydrogens is 284 g/mol. The fourth-order valence-corrected chi connectivity index (χ4v) is 1.81. The van der Waals surface area contributed by atoms with Gasteiger partial charge < -0.3 is 9.84 Å². The van der Waals surface area contributed by atoms with Crippen molar-refractivity contribution in [2.45, 2.75) is 26.3 Å². The largest absolute Gasteiger partial charge is 0.360 e. The van der Waals surface area contributed by atoms with E-state index in [1.807, 2.05) is 13.0 Å². The molecule has 2 rings (SSSR count). The molecule has 0 radical (unpaired) electrons. The SMILES string of the molecule is CC[C@H](NNC(=O)c1ccccc1)C(=O)Nc1cc(C)on1. The van der Waals surface area contributed by atoms with Crippen LogP contribution in [0.4, 0.5) is 5.82 Å². The quantitative estimate of drug-likeness (QED) is 0.705. The van der Waals surface area contributed by atoms with Crippen molar-refractivity contribution in [3.05, 3.63) is 47.7 Å². The Kier molecular flexibility index (Phi) is 5.26. The van der Waals surface area contributed by atoms with Crippen LogP contribution in [0.5, 0.6) is 0 Å². The highest BCUT2D eigenvalue weighted by molar-refractivity contribution is 5.96. The molecule has 0 aliphatic carbocycles. The number of carbonyl (C=O) groups excluding carboxylic acids is 2. The van der Waals surface area contributed by atoms with E-state index in [-0.39, 0.29) is 11.8 Å². The third-order valence-electron chi connectivity index (χ3n) is 3.00. The summed E-state index contributed by atoms with van der Waals surface area (Å²) in [7, 11) is 0. The summed E-state index contributed by atoms with van der Waals surface area (Å²) in [5, 5.41) is 6.31. The third-order valence-corrected chi connectivity index (χ3v) is 3.00. The average molecular weight is 302 g/mol. The van der Waals surface area contributed by atoms with Crippen molar-refractivity contribution in [2.75, 3.05) is 5.32 Å². The minimum atomic E-state index is -0.579. The highest BCUT2D eigenvalue weighted by Gasteiger charge is 2.18.